The molecule has 128 valence electrons. The predicted molar refractivity (Wildman–Crippen MR) is 88.3 cm³/mol. The molecule has 2 aliphatic rings. The van der Waals surface area contributed by atoms with E-state index >= 15 is 0 Å². The van der Waals surface area contributed by atoms with E-state index in [2.05, 4.69) is 28.9 Å². The molecular weight excluding hydrogens is 330 g/mol. The molecular formula is C17H20ClN3O3. The third-order valence-corrected chi connectivity index (χ3v) is 4.89. The summed E-state index contributed by atoms with van der Waals surface area (Å²) < 4.78 is 16.3. The van der Waals surface area contributed by atoms with E-state index in [1.807, 2.05) is 12.1 Å². The molecule has 1 saturated heterocycles. The second-order valence-electron chi connectivity index (χ2n) is 6.57. The topological polar surface area (TPSA) is 60.6 Å². The monoisotopic (exact) mass is 349 g/mol. The largest absolute Gasteiger partial charge is 0.454 e. The average Bonchev–Trinajstić information content (AvgIpc) is 3.26. The third-order valence-electron chi connectivity index (χ3n) is 4.54. The third kappa shape index (κ3) is 2.84. The van der Waals surface area contributed by atoms with Gasteiger partial charge in [0.05, 0.1) is 6.04 Å². The maximum absolute atomic E-state index is 6.41. The van der Waals surface area contributed by atoms with Crippen LogP contribution in [0.2, 0.25) is 5.02 Å². The lowest BCUT2D eigenvalue weighted by Crippen LogP contribution is -2.23. The van der Waals surface area contributed by atoms with Crippen molar-refractivity contribution in [3.05, 3.63) is 34.4 Å². The molecule has 0 radical (unpaired) electrons. The fourth-order valence-corrected chi connectivity index (χ4v) is 3.42. The van der Waals surface area contributed by atoms with Gasteiger partial charge in [0.1, 0.15) is 0 Å². The minimum Gasteiger partial charge on any atom is -0.454 e. The number of aromatic nitrogens is 2. The van der Waals surface area contributed by atoms with Gasteiger partial charge in [0.2, 0.25) is 12.7 Å². The maximum Gasteiger partial charge on any atom is 0.244 e. The number of ether oxygens (including phenoxy) is 2. The van der Waals surface area contributed by atoms with Crippen molar-refractivity contribution in [1.82, 2.24) is 15.0 Å². The Morgan fingerprint density at radius 2 is 2.08 bits per heavy atom. The quantitative estimate of drug-likeness (QED) is 0.834. The van der Waals surface area contributed by atoms with Crippen molar-refractivity contribution >= 4 is 11.6 Å². The van der Waals surface area contributed by atoms with Crippen LogP contribution in [0.25, 0.3) is 0 Å². The summed E-state index contributed by atoms with van der Waals surface area (Å²) in [7, 11) is 0. The molecule has 1 fully saturated rings. The van der Waals surface area contributed by atoms with Gasteiger partial charge >= 0.3 is 0 Å². The number of likely N-dealkylation sites (tertiary alicyclic amines) is 1. The number of nitrogens with zero attached hydrogens (tertiary/aromatic N) is 3. The van der Waals surface area contributed by atoms with Crippen LogP contribution in [0.15, 0.2) is 16.7 Å². The normalized spacial score (nSPS) is 20.2. The molecule has 7 heteroatoms. The summed E-state index contributed by atoms with van der Waals surface area (Å²) in [5.74, 6) is 3.19. The lowest BCUT2D eigenvalue weighted by atomic mass is 10.1. The summed E-state index contributed by atoms with van der Waals surface area (Å²) in [4.78, 5) is 6.90. The Bertz CT molecular complexity index is 747. The molecule has 0 amide bonds. The van der Waals surface area contributed by atoms with E-state index in [1.165, 1.54) is 0 Å². The Hall–Kier alpha value is -1.79. The van der Waals surface area contributed by atoms with E-state index in [4.69, 9.17) is 25.6 Å². The minimum atomic E-state index is 0.145. The van der Waals surface area contributed by atoms with Crippen LogP contribution >= 0.6 is 11.6 Å². The number of hydrogen-bond donors (Lipinski definition) is 0. The Labute approximate surface area is 145 Å². The number of benzene rings is 1. The highest BCUT2D eigenvalue weighted by atomic mass is 35.5. The summed E-state index contributed by atoms with van der Waals surface area (Å²) in [5.41, 5.74) is 1.02. The standard InChI is InChI=1S/C17H20ClN3O3/c1-10(2)16-19-17(24-20-16)13-4-3-5-21(13)8-11-6-14-15(7-12(11)18)23-9-22-14/h6-7,10,13H,3-5,8-9H2,1-2H3. The molecule has 0 N–H and O–H groups in total. The first-order valence-corrected chi connectivity index (χ1v) is 8.65. The minimum absolute atomic E-state index is 0.145. The van der Waals surface area contributed by atoms with Gasteiger partial charge in [-0.15, -0.1) is 0 Å². The predicted octanol–water partition coefficient (Wildman–Crippen LogP) is 3.91. The molecule has 0 aliphatic carbocycles. The Morgan fingerprint density at radius 1 is 1.29 bits per heavy atom. The fraction of sp³-hybridized carbons (Fsp3) is 0.529. The summed E-state index contributed by atoms with van der Waals surface area (Å²) in [6, 6.07) is 3.94. The van der Waals surface area contributed by atoms with Crippen molar-refractivity contribution in [2.45, 2.75) is 45.2 Å². The molecule has 1 aromatic carbocycles. The van der Waals surface area contributed by atoms with Crippen molar-refractivity contribution in [1.29, 1.82) is 0 Å². The molecule has 2 aromatic rings. The number of halogens is 1. The van der Waals surface area contributed by atoms with Crippen LogP contribution in [0.5, 0.6) is 11.5 Å². The van der Waals surface area contributed by atoms with Crippen LogP contribution < -0.4 is 9.47 Å². The highest BCUT2D eigenvalue weighted by Crippen LogP contribution is 2.39. The second-order valence-corrected chi connectivity index (χ2v) is 6.98. The Balaban J connectivity index is 1.55. The van der Waals surface area contributed by atoms with Gasteiger partial charge in [-0.1, -0.05) is 30.6 Å². The molecule has 0 spiro atoms. The maximum atomic E-state index is 6.41. The molecule has 3 heterocycles. The van der Waals surface area contributed by atoms with E-state index in [1.54, 1.807) is 0 Å². The highest BCUT2D eigenvalue weighted by Gasteiger charge is 2.31. The van der Waals surface area contributed by atoms with Gasteiger partial charge in [0.25, 0.3) is 0 Å². The second kappa shape index (κ2) is 6.26. The van der Waals surface area contributed by atoms with E-state index in [0.29, 0.717) is 16.7 Å². The van der Waals surface area contributed by atoms with Gasteiger partial charge < -0.3 is 14.0 Å². The van der Waals surface area contributed by atoms with Gasteiger partial charge in [0, 0.05) is 23.6 Å². The summed E-state index contributed by atoms with van der Waals surface area (Å²) >= 11 is 6.41. The van der Waals surface area contributed by atoms with Crippen LogP contribution in [0, 0.1) is 0 Å². The first-order valence-electron chi connectivity index (χ1n) is 8.27. The zero-order chi connectivity index (χ0) is 16.7. The van der Waals surface area contributed by atoms with Gasteiger partial charge in [-0.2, -0.15) is 4.98 Å². The van der Waals surface area contributed by atoms with Gasteiger partial charge in [0.15, 0.2) is 17.3 Å². The van der Waals surface area contributed by atoms with E-state index in [9.17, 15) is 0 Å². The van der Waals surface area contributed by atoms with Gasteiger partial charge in [-0.25, -0.2) is 0 Å². The first-order chi connectivity index (χ1) is 11.6. The molecule has 0 saturated carbocycles. The number of fused-ring (bicyclic) bond motifs is 1. The zero-order valence-electron chi connectivity index (χ0n) is 13.8. The van der Waals surface area contributed by atoms with Crippen LogP contribution in [0.1, 0.15) is 55.9 Å². The molecule has 2 aliphatic heterocycles. The van der Waals surface area contributed by atoms with Crippen LogP contribution in [-0.4, -0.2) is 28.4 Å². The average molecular weight is 350 g/mol. The van der Waals surface area contributed by atoms with Crippen molar-refractivity contribution < 1.29 is 14.0 Å². The van der Waals surface area contributed by atoms with Gasteiger partial charge in [-0.05, 0) is 31.0 Å². The molecule has 1 aromatic heterocycles. The molecule has 1 atom stereocenters. The molecule has 1 unspecified atom stereocenters. The van der Waals surface area contributed by atoms with E-state index in [-0.39, 0.29) is 18.8 Å². The molecule has 24 heavy (non-hydrogen) atoms. The molecule has 6 nitrogen and oxygen atoms in total. The smallest absolute Gasteiger partial charge is 0.244 e. The molecule has 4 rings (SSSR count). The van der Waals surface area contributed by atoms with E-state index in [0.717, 1.165) is 43.1 Å². The Kier molecular flexibility index (Phi) is 4.10. The van der Waals surface area contributed by atoms with Crippen molar-refractivity contribution in [2.75, 3.05) is 13.3 Å². The number of rotatable bonds is 4. The van der Waals surface area contributed by atoms with Crippen molar-refractivity contribution in [3.63, 3.8) is 0 Å². The SMILES string of the molecule is CC(C)c1noc(C2CCCN2Cc2cc3c(cc2Cl)OCO3)n1. The van der Waals surface area contributed by atoms with Crippen LogP contribution in [0.4, 0.5) is 0 Å². The summed E-state index contributed by atoms with van der Waals surface area (Å²) in [6.45, 7) is 6.08. The Morgan fingerprint density at radius 3 is 2.83 bits per heavy atom. The summed E-state index contributed by atoms with van der Waals surface area (Å²) in [6.07, 6.45) is 2.12. The fourth-order valence-electron chi connectivity index (χ4n) is 3.21. The lowest BCUT2D eigenvalue weighted by molar-refractivity contribution is 0.173. The highest BCUT2D eigenvalue weighted by molar-refractivity contribution is 6.31. The van der Waals surface area contributed by atoms with E-state index < -0.39 is 0 Å². The number of hydrogen-bond acceptors (Lipinski definition) is 6. The zero-order valence-corrected chi connectivity index (χ0v) is 14.5. The van der Waals surface area contributed by atoms with Crippen molar-refractivity contribution in [3.8, 4) is 11.5 Å². The van der Waals surface area contributed by atoms with Crippen molar-refractivity contribution in [2.24, 2.45) is 0 Å². The first kappa shape index (κ1) is 15.7. The van der Waals surface area contributed by atoms with Crippen LogP contribution in [0.3, 0.4) is 0 Å². The van der Waals surface area contributed by atoms with Crippen LogP contribution in [-0.2, 0) is 6.54 Å². The molecule has 0 bridgehead atoms. The van der Waals surface area contributed by atoms with Gasteiger partial charge in [-0.3, -0.25) is 4.90 Å². The summed E-state index contributed by atoms with van der Waals surface area (Å²) in [5, 5.41) is 4.78. The lowest BCUT2D eigenvalue weighted by Gasteiger charge is -2.22.